The quantitative estimate of drug-likeness (QED) is 0.299. The van der Waals surface area contributed by atoms with Crippen molar-refractivity contribution < 1.29 is 49.8 Å². The van der Waals surface area contributed by atoms with Crippen molar-refractivity contribution in [1.82, 2.24) is 5.32 Å². The topological polar surface area (TPSA) is 130 Å². The zero-order valence-electron chi connectivity index (χ0n) is 9.06. The number of nitrogens with one attached hydrogen (secondary N) is 1. The molecule has 0 aromatic heterocycles. The molecule has 7 nitrogen and oxygen atoms in total. The van der Waals surface area contributed by atoms with E-state index in [1.165, 1.54) is 0 Å². The molecule has 9 heteroatoms. The summed E-state index contributed by atoms with van der Waals surface area (Å²) < 4.78 is 0. The molecule has 1 rings (SSSR count). The summed E-state index contributed by atoms with van der Waals surface area (Å²) in [6, 6.07) is -0.775. The third kappa shape index (κ3) is 4.44. The van der Waals surface area contributed by atoms with Crippen LogP contribution in [0, 0.1) is 0 Å². The predicted octanol–water partition coefficient (Wildman–Crippen LogP) is -2.83. The van der Waals surface area contributed by atoms with E-state index in [0.717, 1.165) is 11.8 Å². The minimum Gasteiger partial charge on any atom is -0.480 e. The number of carboxylic acids is 1. The Hall–Kier alpha value is 0.243. The summed E-state index contributed by atoms with van der Waals surface area (Å²) >= 11 is 1.15. The Kier molecular flexibility index (Phi) is 7.74. The summed E-state index contributed by atoms with van der Waals surface area (Å²) in [6.07, 6.45) is -4.29. The number of rotatable bonds is 5. The molecule has 1 fully saturated rings. The maximum absolute atomic E-state index is 10.6. The van der Waals surface area contributed by atoms with Crippen molar-refractivity contribution in [2.24, 2.45) is 0 Å². The number of carbonyl (C=O) groups is 1. The number of aliphatic carboxylic acids is 1. The molecule has 1 saturated heterocycles. The molecule has 0 aromatic carbocycles. The van der Waals surface area contributed by atoms with Crippen LogP contribution in [0.2, 0.25) is 0 Å². The van der Waals surface area contributed by atoms with Crippen molar-refractivity contribution in [3.8, 4) is 0 Å². The van der Waals surface area contributed by atoms with Gasteiger partial charge in [-0.15, -0.1) is 11.8 Å². The van der Waals surface area contributed by atoms with Crippen LogP contribution in [0.4, 0.5) is 0 Å². The first-order valence-electron chi connectivity index (χ1n) is 4.73. The third-order valence-corrected chi connectivity index (χ3v) is 3.65. The average Bonchev–Trinajstić information content (AvgIpc) is 2.75. The van der Waals surface area contributed by atoms with E-state index in [2.05, 4.69) is 5.32 Å². The fourth-order valence-corrected chi connectivity index (χ4v) is 2.61. The molecule has 0 aliphatic carbocycles. The molecular formula is C8H15NO6SZn+2. The monoisotopic (exact) mass is 317 g/mol. The van der Waals surface area contributed by atoms with Crippen molar-refractivity contribution in [3.05, 3.63) is 0 Å². The molecule has 1 aliphatic rings. The number of thioether (sulfide) groups is 1. The molecule has 0 amide bonds. The molecule has 94 valence electrons. The van der Waals surface area contributed by atoms with Gasteiger partial charge in [0.05, 0.1) is 12.0 Å². The van der Waals surface area contributed by atoms with E-state index in [9.17, 15) is 15.0 Å². The number of aliphatic hydroxyl groups excluding tert-OH is 4. The standard InChI is InChI=1S/C8H15NO6S.Zn/c10-1-4(11)5(12)6(13)7-9-3(2-16-7)8(14)15;/h3-7,9-13H,1-2H2,(H,14,15);/q;+2. The van der Waals surface area contributed by atoms with Gasteiger partial charge in [-0.05, 0) is 0 Å². The first kappa shape index (κ1) is 17.2. The van der Waals surface area contributed by atoms with Crippen LogP contribution in [0.3, 0.4) is 0 Å². The Bertz CT molecular complexity index is 258. The zero-order valence-corrected chi connectivity index (χ0v) is 12.8. The molecule has 0 bridgehead atoms. The Morgan fingerprint density at radius 1 is 1.41 bits per heavy atom. The molecule has 0 radical (unpaired) electrons. The first-order valence-corrected chi connectivity index (χ1v) is 5.77. The molecule has 1 aliphatic heterocycles. The molecule has 5 atom stereocenters. The largest absolute Gasteiger partial charge is 2.00 e. The van der Waals surface area contributed by atoms with Gasteiger partial charge >= 0.3 is 25.4 Å². The summed E-state index contributed by atoms with van der Waals surface area (Å²) in [5, 5.41) is 47.4. The number of hydrogen-bond acceptors (Lipinski definition) is 7. The van der Waals surface area contributed by atoms with E-state index in [0.29, 0.717) is 0 Å². The maximum atomic E-state index is 10.6. The van der Waals surface area contributed by atoms with Gasteiger partial charge in [0.2, 0.25) is 0 Å². The molecule has 17 heavy (non-hydrogen) atoms. The number of hydrogen-bond donors (Lipinski definition) is 6. The summed E-state index contributed by atoms with van der Waals surface area (Å²) in [5.41, 5.74) is 0. The van der Waals surface area contributed by atoms with Crippen LogP contribution >= 0.6 is 11.8 Å². The second kappa shape index (κ2) is 7.63. The second-order valence-electron chi connectivity index (χ2n) is 3.54. The smallest absolute Gasteiger partial charge is 0.480 e. The summed E-state index contributed by atoms with van der Waals surface area (Å²) in [6.45, 7) is -0.669. The second-order valence-corrected chi connectivity index (χ2v) is 4.72. The third-order valence-electron chi connectivity index (χ3n) is 2.35. The van der Waals surface area contributed by atoms with Gasteiger partial charge in [-0.3, -0.25) is 10.1 Å². The van der Waals surface area contributed by atoms with E-state index < -0.39 is 42.3 Å². The normalized spacial score (nSPS) is 29.2. The van der Waals surface area contributed by atoms with E-state index in [4.69, 9.17) is 15.3 Å². The Balaban J connectivity index is 0.00000256. The zero-order chi connectivity index (χ0) is 12.3. The van der Waals surface area contributed by atoms with Gasteiger partial charge in [-0.2, -0.15) is 0 Å². The average molecular weight is 319 g/mol. The van der Waals surface area contributed by atoms with E-state index in [-0.39, 0.29) is 25.2 Å². The first-order chi connectivity index (χ1) is 7.47. The summed E-state index contributed by atoms with van der Waals surface area (Å²) in [7, 11) is 0. The predicted molar refractivity (Wildman–Crippen MR) is 55.9 cm³/mol. The Morgan fingerprint density at radius 3 is 2.41 bits per heavy atom. The van der Waals surface area contributed by atoms with Gasteiger partial charge in [-0.1, -0.05) is 0 Å². The van der Waals surface area contributed by atoms with Crippen LogP contribution in [0.15, 0.2) is 0 Å². The van der Waals surface area contributed by atoms with Crippen LogP contribution in [-0.2, 0) is 24.3 Å². The van der Waals surface area contributed by atoms with Gasteiger partial charge in [-0.25, -0.2) is 0 Å². The van der Waals surface area contributed by atoms with E-state index in [1.54, 1.807) is 0 Å². The minimum absolute atomic E-state index is 0. The molecule has 0 saturated carbocycles. The van der Waals surface area contributed by atoms with Crippen molar-refractivity contribution in [2.45, 2.75) is 29.7 Å². The molecular weight excluding hydrogens is 304 g/mol. The van der Waals surface area contributed by atoms with Crippen molar-refractivity contribution in [2.75, 3.05) is 12.4 Å². The number of carboxylic acid groups (broad SMARTS) is 1. The molecule has 0 aromatic rings. The van der Waals surface area contributed by atoms with Gasteiger partial charge in [0, 0.05) is 5.75 Å². The Morgan fingerprint density at radius 2 is 2.00 bits per heavy atom. The minimum atomic E-state index is -1.51. The fraction of sp³-hybridized carbons (Fsp3) is 0.875. The van der Waals surface area contributed by atoms with Crippen LogP contribution in [-0.4, -0.2) is 73.6 Å². The van der Waals surface area contributed by atoms with Crippen molar-refractivity contribution >= 4 is 17.7 Å². The molecule has 1 heterocycles. The van der Waals surface area contributed by atoms with Crippen LogP contribution in [0.1, 0.15) is 0 Å². The number of aliphatic hydroxyl groups is 4. The van der Waals surface area contributed by atoms with Gasteiger partial charge in [0.1, 0.15) is 24.4 Å². The SMILES string of the molecule is O=C(O)C1CSC(C(O)C(O)C(O)CO)N1.[Zn+2]. The van der Waals surface area contributed by atoms with Crippen LogP contribution in [0.5, 0.6) is 0 Å². The van der Waals surface area contributed by atoms with E-state index >= 15 is 0 Å². The van der Waals surface area contributed by atoms with Crippen LogP contribution < -0.4 is 5.32 Å². The molecule has 0 spiro atoms. The van der Waals surface area contributed by atoms with Gasteiger partial charge in [0.15, 0.2) is 0 Å². The van der Waals surface area contributed by atoms with Crippen LogP contribution in [0.25, 0.3) is 0 Å². The van der Waals surface area contributed by atoms with Crippen molar-refractivity contribution in [3.63, 3.8) is 0 Å². The summed E-state index contributed by atoms with van der Waals surface area (Å²) in [4.78, 5) is 10.6. The molecule has 5 unspecified atom stereocenters. The van der Waals surface area contributed by atoms with E-state index in [1.807, 2.05) is 0 Å². The van der Waals surface area contributed by atoms with Crippen molar-refractivity contribution in [1.29, 1.82) is 0 Å². The fourth-order valence-electron chi connectivity index (χ4n) is 1.35. The van der Waals surface area contributed by atoms with Gasteiger partial charge < -0.3 is 25.5 Å². The van der Waals surface area contributed by atoms with Gasteiger partial charge in [0.25, 0.3) is 0 Å². The molecule has 6 N–H and O–H groups in total. The Labute approximate surface area is 115 Å². The maximum Gasteiger partial charge on any atom is 2.00 e. The summed E-state index contributed by atoms with van der Waals surface area (Å²) in [5.74, 6) is -0.752.